The van der Waals surface area contributed by atoms with Crippen LogP contribution in [0.3, 0.4) is 0 Å². The van der Waals surface area contributed by atoms with Crippen LogP contribution >= 0.6 is 0 Å². The highest BCUT2D eigenvalue weighted by atomic mass is 16.5. The minimum Gasteiger partial charge on any atom is -0.494 e. The van der Waals surface area contributed by atoms with E-state index < -0.39 is 6.10 Å². The lowest BCUT2D eigenvalue weighted by Crippen LogP contribution is -1.97. The summed E-state index contributed by atoms with van der Waals surface area (Å²) in [5.74, 6) is 0.745. The molecule has 0 aliphatic rings. The zero-order chi connectivity index (χ0) is 15.7. The predicted molar refractivity (Wildman–Crippen MR) is 86.9 cm³/mol. The van der Waals surface area contributed by atoms with Crippen LogP contribution in [0.15, 0.2) is 42.5 Å². The summed E-state index contributed by atoms with van der Waals surface area (Å²) in [4.78, 5) is 9.14. The van der Waals surface area contributed by atoms with Crippen molar-refractivity contribution >= 4 is 10.9 Å². The smallest absolute Gasteiger partial charge is 0.145 e. The molecular weight excluding hydrogens is 276 g/mol. The highest BCUT2D eigenvalue weighted by Gasteiger charge is 2.12. The van der Waals surface area contributed by atoms with Crippen molar-refractivity contribution in [2.75, 3.05) is 7.11 Å². The Bertz CT molecular complexity index is 828. The summed E-state index contributed by atoms with van der Waals surface area (Å²) in [6.07, 6.45) is -0.593. The lowest BCUT2D eigenvalue weighted by Gasteiger charge is -2.11. The van der Waals surface area contributed by atoms with Crippen molar-refractivity contribution in [2.24, 2.45) is 0 Å². The normalized spacial score (nSPS) is 12.4. The molecule has 0 saturated carbocycles. The fraction of sp³-hybridized carbons (Fsp3) is 0.222. The molecule has 0 unspecified atom stereocenters. The van der Waals surface area contributed by atoms with Crippen LogP contribution in [0.2, 0.25) is 0 Å². The Morgan fingerprint density at radius 3 is 2.59 bits per heavy atom. The quantitative estimate of drug-likeness (QED) is 0.801. The molecule has 0 spiro atoms. The summed E-state index contributed by atoms with van der Waals surface area (Å²) >= 11 is 0. The second-order valence-electron chi connectivity index (χ2n) is 5.29. The number of hydrogen-bond acceptors (Lipinski definition) is 4. The zero-order valence-corrected chi connectivity index (χ0v) is 12.9. The Hall–Kier alpha value is -2.46. The van der Waals surface area contributed by atoms with Crippen LogP contribution in [0.5, 0.6) is 5.75 Å². The van der Waals surface area contributed by atoms with Gasteiger partial charge in [-0.15, -0.1) is 0 Å². The van der Waals surface area contributed by atoms with Crippen molar-refractivity contribution in [3.8, 4) is 17.0 Å². The molecule has 0 radical (unpaired) electrons. The number of hydrogen-bond donors (Lipinski definition) is 1. The number of nitrogens with zero attached hydrogens (tertiary/aromatic N) is 2. The average Bonchev–Trinajstić information content (AvgIpc) is 2.53. The van der Waals surface area contributed by atoms with E-state index in [-0.39, 0.29) is 0 Å². The van der Waals surface area contributed by atoms with Gasteiger partial charge in [0.2, 0.25) is 0 Å². The molecule has 1 atom stereocenters. The van der Waals surface area contributed by atoms with E-state index in [4.69, 9.17) is 4.74 Å². The Labute approximate surface area is 129 Å². The van der Waals surface area contributed by atoms with E-state index in [9.17, 15) is 5.11 Å². The summed E-state index contributed by atoms with van der Waals surface area (Å²) in [5, 5.41) is 10.7. The first-order valence-corrected chi connectivity index (χ1v) is 7.20. The van der Waals surface area contributed by atoms with Crippen molar-refractivity contribution in [3.05, 3.63) is 53.9 Å². The summed E-state index contributed by atoms with van der Waals surface area (Å²) in [5.41, 5.74) is 4.21. The molecule has 2 aromatic heterocycles. The fourth-order valence-corrected chi connectivity index (χ4v) is 2.51. The van der Waals surface area contributed by atoms with Crippen LogP contribution in [-0.2, 0) is 0 Å². The number of aryl methyl sites for hydroxylation is 1. The lowest BCUT2D eigenvalue weighted by atomic mass is 10.0. The first-order valence-electron chi connectivity index (χ1n) is 7.20. The van der Waals surface area contributed by atoms with E-state index in [0.717, 1.165) is 33.6 Å². The molecule has 2 heterocycles. The molecule has 0 fully saturated rings. The standard InChI is InChI=1S/C18H18N2O2/c1-11-7-8-14-13(9-10-17(22-3)18(14)19-11)16-6-4-5-15(20-16)12(2)21/h4-10,12,21H,1-3H3/t12-/m0/s1. The van der Waals surface area contributed by atoms with Gasteiger partial charge in [-0.25, -0.2) is 4.98 Å². The summed E-state index contributed by atoms with van der Waals surface area (Å²) in [6.45, 7) is 3.67. The topological polar surface area (TPSA) is 55.2 Å². The number of aliphatic hydroxyl groups excluding tert-OH is 1. The predicted octanol–water partition coefficient (Wildman–Crippen LogP) is 3.67. The maximum atomic E-state index is 9.73. The molecule has 0 amide bonds. The molecule has 3 aromatic rings. The Morgan fingerprint density at radius 1 is 1.05 bits per heavy atom. The van der Waals surface area contributed by atoms with Gasteiger partial charge < -0.3 is 9.84 Å². The summed E-state index contributed by atoms with van der Waals surface area (Å²) in [6, 6.07) is 13.6. The van der Waals surface area contributed by atoms with Crippen LogP contribution in [0.1, 0.15) is 24.4 Å². The Kier molecular flexibility index (Phi) is 3.77. The number of methoxy groups -OCH3 is 1. The number of aromatic nitrogens is 2. The molecule has 0 saturated heterocycles. The van der Waals surface area contributed by atoms with Crippen molar-refractivity contribution < 1.29 is 9.84 Å². The number of aliphatic hydroxyl groups is 1. The second-order valence-corrected chi connectivity index (χ2v) is 5.29. The van der Waals surface area contributed by atoms with Crippen molar-refractivity contribution in [1.29, 1.82) is 0 Å². The maximum absolute atomic E-state index is 9.73. The molecule has 0 bridgehead atoms. The zero-order valence-electron chi connectivity index (χ0n) is 12.9. The van der Waals surface area contributed by atoms with Crippen LogP contribution in [0.25, 0.3) is 22.2 Å². The van der Waals surface area contributed by atoms with Crippen LogP contribution in [0.4, 0.5) is 0 Å². The molecular formula is C18H18N2O2. The fourth-order valence-electron chi connectivity index (χ4n) is 2.51. The third kappa shape index (κ3) is 2.53. The molecule has 1 aromatic carbocycles. The van der Waals surface area contributed by atoms with Gasteiger partial charge in [0.15, 0.2) is 0 Å². The first-order chi connectivity index (χ1) is 10.6. The molecule has 22 heavy (non-hydrogen) atoms. The van der Waals surface area contributed by atoms with Gasteiger partial charge in [-0.3, -0.25) is 4.98 Å². The largest absolute Gasteiger partial charge is 0.494 e. The molecule has 3 rings (SSSR count). The van der Waals surface area contributed by atoms with Gasteiger partial charge in [0.05, 0.1) is 24.6 Å². The number of benzene rings is 1. The van der Waals surface area contributed by atoms with Crippen molar-refractivity contribution in [2.45, 2.75) is 20.0 Å². The Balaban J connectivity index is 2.26. The molecule has 4 heteroatoms. The van der Waals surface area contributed by atoms with Crippen molar-refractivity contribution in [3.63, 3.8) is 0 Å². The van der Waals surface area contributed by atoms with E-state index >= 15 is 0 Å². The number of ether oxygens (including phenoxy) is 1. The monoisotopic (exact) mass is 294 g/mol. The average molecular weight is 294 g/mol. The minimum absolute atomic E-state index is 0.593. The van der Waals surface area contributed by atoms with Gasteiger partial charge in [-0.1, -0.05) is 12.1 Å². The lowest BCUT2D eigenvalue weighted by molar-refractivity contribution is 0.194. The van der Waals surface area contributed by atoms with E-state index in [1.165, 1.54) is 0 Å². The van der Waals surface area contributed by atoms with E-state index in [1.54, 1.807) is 14.0 Å². The Morgan fingerprint density at radius 2 is 1.86 bits per heavy atom. The van der Waals surface area contributed by atoms with Crippen molar-refractivity contribution in [1.82, 2.24) is 9.97 Å². The van der Waals surface area contributed by atoms with Gasteiger partial charge >= 0.3 is 0 Å². The van der Waals surface area contributed by atoms with E-state index in [2.05, 4.69) is 9.97 Å². The van der Waals surface area contributed by atoms with Gasteiger partial charge in [-0.05, 0) is 44.2 Å². The number of pyridine rings is 2. The molecule has 112 valence electrons. The van der Waals surface area contributed by atoms with Gasteiger partial charge in [0.25, 0.3) is 0 Å². The van der Waals surface area contributed by atoms with E-state index in [0.29, 0.717) is 5.69 Å². The minimum atomic E-state index is -0.593. The van der Waals surface area contributed by atoms with Gasteiger partial charge in [-0.2, -0.15) is 0 Å². The van der Waals surface area contributed by atoms with Crippen LogP contribution < -0.4 is 4.74 Å². The maximum Gasteiger partial charge on any atom is 0.145 e. The SMILES string of the molecule is COc1ccc(-c2cccc([C@H](C)O)n2)c2ccc(C)nc12. The molecule has 0 aliphatic heterocycles. The summed E-state index contributed by atoms with van der Waals surface area (Å²) in [7, 11) is 1.64. The number of fused-ring (bicyclic) bond motifs is 1. The molecule has 4 nitrogen and oxygen atoms in total. The third-order valence-electron chi connectivity index (χ3n) is 3.65. The third-order valence-corrected chi connectivity index (χ3v) is 3.65. The van der Waals surface area contributed by atoms with Crippen LogP contribution in [0, 0.1) is 6.92 Å². The highest BCUT2D eigenvalue weighted by Crippen LogP contribution is 2.33. The second kappa shape index (κ2) is 5.73. The molecule has 1 N–H and O–H groups in total. The first kappa shape index (κ1) is 14.5. The van der Waals surface area contributed by atoms with Crippen LogP contribution in [-0.4, -0.2) is 22.2 Å². The van der Waals surface area contributed by atoms with Gasteiger partial charge in [0.1, 0.15) is 11.3 Å². The van der Waals surface area contributed by atoms with Gasteiger partial charge in [0, 0.05) is 16.6 Å². The summed E-state index contributed by atoms with van der Waals surface area (Å²) < 4.78 is 5.41. The van der Waals surface area contributed by atoms with E-state index in [1.807, 2.05) is 49.4 Å². The number of rotatable bonds is 3. The molecule has 0 aliphatic carbocycles. The highest BCUT2D eigenvalue weighted by molar-refractivity contribution is 5.97.